The van der Waals surface area contributed by atoms with Crippen LogP contribution in [0.4, 0.5) is 0 Å². The van der Waals surface area contributed by atoms with Crippen molar-refractivity contribution >= 4 is 17.1 Å². The normalized spacial score (nSPS) is 25.0. The highest BCUT2D eigenvalue weighted by atomic mass is 32.1. The lowest BCUT2D eigenvalue weighted by molar-refractivity contribution is 0.102. The van der Waals surface area contributed by atoms with Crippen LogP contribution in [-0.2, 0) is 0 Å². The zero-order valence-electron chi connectivity index (χ0n) is 15.2. The maximum atomic E-state index is 11.5. The van der Waals surface area contributed by atoms with Crippen LogP contribution in [0.5, 0.6) is 0 Å². The van der Waals surface area contributed by atoms with Crippen LogP contribution in [0.1, 0.15) is 59.2 Å². The van der Waals surface area contributed by atoms with Gasteiger partial charge in [0.15, 0.2) is 11.6 Å². The number of Topliss-reactive ketones (excluding diaryl/α,β-unsaturated/α-hetero) is 1. The third-order valence-electron chi connectivity index (χ3n) is 5.84. The molecule has 2 aliphatic rings. The Kier molecular flexibility index (Phi) is 4.17. The van der Waals surface area contributed by atoms with Gasteiger partial charge in [0.25, 0.3) is 5.89 Å². The molecule has 0 bridgehead atoms. The van der Waals surface area contributed by atoms with Crippen molar-refractivity contribution < 1.29 is 9.32 Å². The third kappa shape index (κ3) is 2.93. The van der Waals surface area contributed by atoms with Crippen LogP contribution in [0, 0.1) is 0 Å². The van der Waals surface area contributed by atoms with Crippen LogP contribution in [0.3, 0.4) is 0 Å². The van der Waals surface area contributed by atoms with Crippen molar-refractivity contribution in [3.8, 4) is 11.5 Å². The number of carbonyl (C=O) groups is 1. The lowest BCUT2D eigenvalue weighted by Gasteiger charge is -2.24. The molecule has 5 nitrogen and oxygen atoms in total. The van der Waals surface area contributed by atoms with Crippen molar-refractivity contribution in [1.82, 2.24) is 15.0 Å². The minimum Gasteiger partial charge on any atom is -0.334 e. The molecule has 5 rings (SSSR count). The van der Waals surface area contributed by atoms with Gasteiger partial charge in [-0.25, -0.2) is 0 Å². The van der Waals surface area contributed by atoms with Gasteiger partial charge < -0.3 is 4.52 Å². The van der Waals surface area contributed by atoms with Crippen LogP contribution >= 0.6 is 11.3 Å². The van der Waals surface area contributed by atoms with E-state index in [1.54, 1.807) is 6.92 Å². The van der Waals surface area contributed by atoms with Gasteiger partial charge in [-0.05, 0) is 44.4 Å². The lowest BCUT2D eigenvalue weighted by atomic mass is 9.94. The number of benzene rings is 1. The van der Waals surface area contributed by atoms with E-state index in [-0.39, 0.29) is 5.78 Å². The van der Waals surface area contributed by atoms with Gasteiger partial charge in [0, 0.05) is 23.4 Å². The maximum absolute atomic E-state index is 11.5. The first-order valence-corrected chi connectivity index (χ1v) is 10.3. The topological polar surface area (TPSA) is 59.2 Å². The average Bonchev–Trinajstić information content (AvgIpc) is 3.43. The summed E-state index contributed by atoms with van der Waals surface area (Å²) in [6.45, 7) is 2.71. The zero-order chi connectivity index (χ0) is 18.4. The van der Waals surface area contributed by atoms with E-state index in [0.717, 1.165) is 29.2 Å². The second-order valence-electron chi connectivity index (χ2n) is 7.43. The summed E-state index contributed by atoms with van der Waals surface area (Å²) in [5.74, 6) is 1.67. The number of rotatable bonds is 4. The maximum Gasteiger partial charge on any atom is 0.258 e. The average molecular weight is 379 g/mol. The molecule has 0 aliphatic carbocycles. The van der Waals surface area contributed by atoms with Crippen LogP contribution in [-0.4, -0.2) is 33.4 Å². The monoisotopic (exact) mass is 379 g/mol. The molecule has 3 atom stereocenters. The van der Waals surface area contributed by atoms with Gasteiger partial charge in [-0.15, -0.1) is 11.3 Å². The predicted octanol–water partition coefficient (Wildman–Crippen LogP) is 4.69. The Labute approximate surface area is 162 Å². The summed E-state index contributed by atoms with van der Waals surface area (Å²) in [6, 6.07) is 13.5. The van der Waals surface area contributed by atoms with Gasteiger partial charge in [-0.2, -0.15) is 4.98 Å². The summed E-state index contributed by atoms with van der Waals surface area (Å²) in [7, 11) is 0. The molecule has 0 amide bonds. The van der Waals surface area contributed by atoms with Crippen LogP contribution in [0.25, 0.3) is 11.5 Å². The minimum atomic E-state index is 0.0640. The van der Waals surface area contributed by atoms with Crippen LogP contribution < -0.4 is 0 Å². The van der Waals surface area contributed by atoms with E-state index < -0.39 is 0 Å². The Hall–Kier alpha value is -2.31. The Bertz CT molecular complexity index is 965. The van der Waals surface area contributed by atoms with E-state index in [0.29, 0.717) is 23.9 Å². The van der Waals surface area contributed by atoms with E-state index in [4.69, 9.17) is 9.51 Å². The summed E-state index contributed by atoms with van der Waals surface area (Å²) in [5.41, 5.74) is 2.21. The third-order valence-corrected chi connectivity index (χ3v) is 6.87. The summed E-state index contributed by atoms with van der Waals surface area (Å²) >= 11 is 1.42. The Morgan fingerprint density at radius 1 is 1.30 bits per heavy atom. The lowest BCUT2D eigenvalue weighted by Crippen LogP contribution is -2.27. The second-order valence-corrected chi connectivity index (χ2v) is 8.34. The second kappa shape index (κ2) is 6.69. The molecule has 27 heavy (non-hydrogen) atoms. The fourth-order valence-electron chi connectivity index (χ4n) is 4.58. The molecule has 0 radical (unpaired) electrons. The van der Waals surface area contributed by atoms with Gasteiger partial charge in [-0.1, -0.05) is 35.5 Å². The smallest absolute Gasteiger partial charge is 0.258 e. The Morgan fingerprint density at radius 2 is 2.15 bits per heavy atom. The molecule has 4 heterocycles. The number of carbonyl (C=O) groups excluding carboxylic acids is 1. The molecule has 2 saturated heterocycles. The summed E-state index contributed by atoms with van der Waals surface area (Å²) in [4.78, 5) is 19.6. The molecule has 1 aromatic carbocycles. The van der Waals surface area contributed by atoms with Crippen LogP contribution in [0.2, 0.25) is 0 Å². The number of hydrogen-bond acceptors (Lipinski definition) is 6. The summed E-state index contributed by atoms with van der Waals surface area (Å²) in [5, 5.41) is 6.24. The SMILES string of the molecule is CC(=O)c1cc(-c2nc([C@H]3C[C@@H](c4ccccc4)N4CCC[C@H]34)no2)cs1. The predicted molar refractivity (Wildman–Crippen MR) is 104 cm³/mol. The molecule has 2 aliphatic heterocycles. The molecular weight excluding hydrogens is 358 g/mol. The van der Waals surface area contributed by atoms with Crippen molar-refractivity contribution in [3.05, 3.63) is 58.0 Å². The number of nitrogens with zero attached hydrogens (tertiary/aromatic N) is 3. The first kappa shape index (κ1) is 16.8. The highest BCUT2D eigenvalue weighted by Gasteiger charge is 2.46. The molecule has 138 valence electrons. The zero-order valence-corrected chi connectivity index (χ0v) is 16.0. The Morgan fingerprint density at radius 3 is 2.93 bits per heavy atom. The minimum absolute atomic E-state index is 0.0640. The molecule has 0 spiro atoms. The summed E-state index contributed by atoms with van der Waals surface area (Å²) < 4.78 is 5.56. The van der Waals surface area contributed by atoms with Crippen molar-refractivity contribution in [2.45, 2.75) is 44.2 Å². The highest BCUT2D eigenvalue weighted by Crippen LogP contribution is 2.48. The van der Waals surface area contributed by atoms with Crippen molar-refractivity contribution in [2.24, 2.45) is 0 Å². The van der Waals surface area contributed by atoms with Gasteiger partial charge in [0.1, 0.15) is 0 Å². The molecule has 0 unspecified atom stereocenters. The first-order valence-electron chi connectivity index (χ1n) is 9.45. The van der Waals surface area contributed by atoms with E-state index in [9.17, 15) is 4.79 Å². The number of fused-ring (bicyclic) bond motifs is 1. The fraction of sp³-hybridized carbons (Fsp3) is 0.381. The molecule has 2 aromatic heterocycles. The largest absolute Gasteiger partial charge is 0.334 e. The number of hydrogen-bond donors (Lipinski definition) is 0. The van der Waals surface area contributed by atoms with E-state index in [1.165, 1.54) is 29.7 Å². The van der Waals surface area contributed by atoms with Crippen LogP contribution in [0.15, 0.2) is 46.3 Å². The van der Waals surface area contributed by atoms with Gasteiger partial charge in [0.2, 0.25) is 0 Å². The Balaban J connectivity index is 1.43. The highest BCUT2D eigenvalue weighted by molar-refractivity contribution is 7.12. The standard InChI is InChI=1S/C21H21N3O2S/c1-13(25)19-10-15(12-27-19)21-22-20(23-26-21)16-11-18(14-6-3-2-4-7-14)24-9-5-8-17(16)24/h2-4,6-7,10,12,16-18H,5,8-9,11H2,1H3/t16-,17+,18-/m0/s1. The number of aromatic nitrogens is 2. The number of ketones is 1. The molecule has 0 saturated carbocycles. The quantitative estimate of drug-likeness (QED) is 0.615. The molecular formula is C21H21N3O2S. The number of thiophene rings is 1. The molecule has 2 fully saturated rings. The van der Waals surface area contributed by atoms with Gasteiger partial charge in [0.05, 0.1) is 10.4 Å². The van der Waals surface area contributed by atoms with Crippen molar-refractivity contribution in [2.75, 3.05) is 6.54 Å². The fourth-order valence-corrected chi connectivity index (χ4v) is 5.37. The molecule has 6 heteroatoms. The first-order chi connectivity index (χ1) is 13.2. The van der Waals surface area contributed by atoms with E-state index in [2.05, 4.69) is 40.4 Å². The van der Waals surface area contributed by atoms with Crippen molar-refractivity contribution in [3.63, 3.8) is 0 Å². The summed E-state index contributed by atoms with van der Waals surface area (Å²) in [6.07, 6.45) is 3.43. The van der Waals surface area contributed by atoms with Gasteiger partial charge in [-0.3, -0.25) is 9.69 Å². The van der Waals surface area contributed by atoms with E-state index >= 15 is 0 Å². The molecule has 3 aromatic rings. The van der Waals surface area contributed by atoms with E-state index in [1.807, 2.05) is 11.4 Å². The van der Waals surface area contributed by atoms with Gasteiger partial charge >= 0.3 is 0 Å². The van der Waals surface area contributed by atoms with Crippen molar-refractivity contribution in [1.29, 1.82) is 0 Å². The molecule has 0 N–H and O–H groups in total.